The Morgan fingerprint density at radius 2 is 2.26 bits per heavy atom. The largest absolute Gasteiger partial charge is 0.462 e. The van der Waals surface area contributed by atoms with E-state index in [9.17, 15) is 13.6 Å². The number of anilines is 1. The van der Waals surface area contributed by atoms with E-state index in [2.05, 4.69) is 4.98 Å². The Kier molecular flexibility index (Phi) is 3.66. The van der Waals surface area contributed by atoms with Crippen LogP contribution in [0.4, 0.5) is 14.5 Å². The molecule has 0 saturated carbocycles. The van der Waals surface area contributed by atoms with Crippen LogP contribution in [0.25, 0.3) is 10.2 Å². The summed E-state index contributed by atoms with van der Waals surface area (Å²) in [4.78, 5) is 16.3. The van der Waals surface area contributed by atoms with Crippen molar-refractivity contribution in [3.8, 4) is 0 Å². The lowest BCUT2D eigenvalue weighted by Gasteiger charge is -2.04. The van der Waals surface area contributed by atoms with Gasteiger partial charge in [-0.15, -0.1) is 11.3 Å². The number of fused-ring (bicyclic) bond motifs is 1. The van der Waals surface area contributed by atoms with Crippen LogP contribution in [0.15, 0.2) is 6.07 Å². The first kappa shape index (κ1) is 13.7. The number of ether oxygens (including phenoxy) is 1. The monoisotopic (exact) mass is 286 g/mol. The van der Waals surface area contributed by atoms with E-state index in [1.54, 1.807) is 13.8 Å². The van der Waals surface area contributed by atoms with Crippen LogP contribution in [-0.2, 0) is 4.74 Å². The third-order valence-electron chi connectivity index (χ3n) is 2.55. The number of esters is 1. The standard InChI is InChI=1S/C12H12F2N2O2S/c1-3-18-12(17)9-8(15)7-6(10(13)14)4-5(2)16-11(7)19-9/h4,10H,3,15H2,1-2H3. The Labute approximate surface area is 112 Å². The number of thiophene rings is 1. The van der Waals surface area contributed by atoms with E-state index in [1.807, 2.05) is 0 Å². The Morgan fingerprint density at radius 1 is 1.58 bits per heavy atom. The lowest BCUT2D eigenvalue weighted by atomic mass is 10.1. The van der Waals surface area contributed by atoms with Gasteiger partial charge in [-0.2, -0.15) is 0 Å². The molecule has 2 heterocycles. The molecule has 0 atom stereocenters. The second kappa shape index (κ2) is 5.08. The van der Waals surface area contributed by atoms with Crippen LogP contribution < -0.4 is 5.73 Å². The number of halogens is 2. The summed E-state index contributed by atoms with van der Waals surface area (Å²) < 4.78 is 30.9. The fraction of sp³-hybridized carbons (Fsp3) is 0.333. The summed E-state index contributed by atoms with van der Waals surface area (Å²) in [6, 6.07) is 1.28. The topological polar surface area (TPSA) is 65.2 Å². The molecular weight excluding hydrogens is 274 g/mol. The van der Waals surface area contributed by atoms with Crippen molar-refractivity contribution in [2.75, 3.05) is 12.3 Å². The van der Waals surface area contributed by atoms with Gasteiger partial charge in [-0.05, 0) is 19.9 Å². The SMILES string of the molecule is CCOC(=O)c1sc2nc(C)cc(C(F)F)c2c1N. The Hall–Kier alpha value is -1.76. The van der Waals surface area contributed by atoms with Crippen molar-refractivity contribution < 1.29 is 18.3 Å². The highest BCUT2D eigenvalue weighted by Crippen LogP contribution is 2.39. The highest BCUT2D eigenvalue weighted by molar-refractivity contribution is 7.21. The molecule has 0 spiro atoms. The molecule has 0 radical (unpaired) electrons. The molecule has 4 nitrogen and oxygen atoms in total. The molecule has 7 heteroatoms. The molecule has 0 aromatic carbocycles. The Morgan fingerprint density at radius 3 is 2.84 bits per heavy atom. The number of nitrogens with two attached hydrogens (primary N) is 1. The highest BCUT2D eigenvalue weighted by atomic mass is 32.1. The first-order valence-corrected chi connectivity index (χ1v) is 6.42. The van der Waals surface area contributed by atoms with E-state index in [-0.39, 0.29) is 28.1 Å². The number of aromatic nitrogens is 1. The molecule has 2 aromatic heterocycles. The number of hydrogen-bond acceptors (Lipinski definition) is 5. The maximum Gasteiger partial charge on any atom is 0.350 e. The predicted molar refractivity (Wildman–Crippen MR) is 69.7 cm³/mol. The van der Waals surface area contributed by atoms with Gasteiger partial charge in [0.15, 0.2) is 0 Å². The average Bonchev–Trinajstić information content (AvgIpc) is 2.66. The van der Waals surface area contributed by atoms with Crippen molar-refractivity contribution in [3.05, 3.63) is 22.2 Å². The zero-order valence-electron chi connectivity index (χ0n) is 10.4. The molecule has 0 aliphatic heterocycles. The van der Waals surface area contributed by atoms with Crippen LogP contribution in [-0.4, -0.2) is 17.6 Å². The summed E-state index contributed by atoms with van der Waals surface area (Å²) in [6.07, 6.45) is -2.67. The number of hydrogen-bond donors (Lipinski definition) is 1. The van der Waals surface area contributed by atoms with E-state index in [0.717, 1.165) is 11.3 Å². The van der Waals surface area contributed by atoms with Gasteiger partial charge < -0.3 is 10.5 Å². The van der Waals surface area contributed by atoms with Crippen molar-refractivity contribution in [3.63, 3.8) is 0 Å². The number of carbonyl (C=O) groups excluding carboxylic acids is 1. The van der Waals surface area contributed by atoms with Crippen LogP contribution >= 0.6 is 11.3 Å². The molecule has 0 saturated heterocycles. The van der Waals surface area contributed by atoms with Crippen molar-refractivity contribution >= 4 is 33.2 Å². The van der Waals surface area contributed by atoms with E-state index in [1.165, 1.54) is 6.07 Å². The first-order valence-electron chi connectivity index (χ1n) is 5.60. The number of alkyl halides is 2. The van der Waals surface area contributed by atoms with Gasteiger partial charge in [0, 0.05) is 16.6 Å². The number of aryl methyl sites for hydroxylation is 1. The molecule has 2 aromatic rings. The summed E-state index contributed by atoms with van der Waals surface area (Å²) in [6.45, 7) is 3.47. The molecule has 0 fully saturated rings. The fourth-order valence-corrected chi connectivity index (χ4v) is 2.87. The number of carbonyl (C=O) groups is 1. The zero-order valence-corrected chi connectivity index (χ0v) is 11.2. The zero-order chi connectivity index (χ0) is 14.2. The van der Waals surface area contributed by atoms with E-state index in [0.29, 0.717) is 10.5 Å². The molecule has 0 amide bonds. The smallest absolute Gasteiger partial charge is 0.350 e. The van der Waals surface area contributed by atoms with E-state index < -0.39 is 12.4 Å². The van der Waals surface area contributed by atoms with Crippen LogP contribution in [0.1, 0.15) is 34.3 Å². The lowest BCUT2D eigenvalue weighted by Crippen LogP contribution is -2.05. The van der Waals surface area contributed by atoms with Crippen molar-refractivity contribution in [1.82, 2.24) is 4.98 Å². The molecule has 102 valence electrons. The summed E-state index contributed by atoms with van der Waals surface area (Å²) in [5, 5.41) is 0.147. The molecule has 19 heavy (non-hydrogen) atoms. The van der Waals surface area contributed by atoms with Crippen LogP contribution in [0.3, 0.4) is 0 Å². The average molecular weight is 286 g/mol. The summed E-state index contributed by atoms with van der Waals surface area (Å²) in [5.41, 5.74) is 6.07. The third-order valence-corrected chi connectivity index (χ3v) is 3.63. The minimum Gasteiger partial charge on any atom is -0.462 e. The minimum absolute atomic E-state index is 0.0150. The highest BCUT2D eigenvalue weighted by Gasteiger charge is 2.23. The summed E-state index contributed by atoms with van der Waals surface area (Å²) >= 11 is 0.974. The van der Waals surface area contributed by atoms with Gasteiger partial charge in [-0.3, -0.25) is 0 Å². The van der Waals surface area contributed by atoms with E-state index in [4.69, 9.17) is 10.5 Å². The van der Waals surface area contributed by atoms with Crippen LogP contribution in [0, 0.1) is 6.92 Å². The number of nitrogen functional groups attached to an aromatic ring is 1. The van der Waals surface area contributed by atoms with Gasteiger partial charge in [0.05, 0.1) is 12.3 Å². The maximum atomic E-state index is 13.0. The second-order valence-electron chi connectivity index (χ2n) is 3.90. The van der Waals surface area contributed by atoms with Crippen molar-refractivity contribution in [2.45, 2.75) is 20.3 Å². The molecule has 0 aliphatic carbocycles. The summed E-state index contributed by atoms with van der Waals surface area (Å²) in [5.74, 6) is -0.610. The first-order chi connectivity index (χ1) is 8.95. The predicted octanol–water partition coefficient (Wildman–Crippen LogP) is 3.30. The van der Waals surface area contributed by atoms with E-state index >= 15 is 0 Å². The van der Waals surface area contributed by atoms with Gasteiger partial charge in [0.2, 0.25) is 0 Å². The fourth-order valence-electron chi connectivity index (χ4n) is 1.80. The van der Waals surface area contributed by atoms with Gasteiger partial charge in [0.1, 0.15) is 9.71 Å². The lowest BCUT2D eigenvalue weighted by molar-refractivity contribution is 0.0533. The third kappa shape index (κ3) is 2.37. The van der Waals surface area contributed by atoms with Gasteiger partial charge in [0.25, 0.3) is 6.43 Å². The second-order valence-corrected chi connectivity index (χ2v) is 4.90. The normalized spacial score (nSPS) is 11.2. The van der Waals surface area contributed by atoms with Gasteiger partial charge in [-0.1, -0.05) is 0 Å². The molecular formula is C12H12F2N2O2S. The summed E-state index contributed by atoms with van der Waals surface area (Å²) in [7, 11) is 0. The molecule has 2 rings (SSSR count). The van der Waals surface area contributed by atoms with Gasteiger partial charge >= 0.3 is 5.97 Å². The van der Waals surface area contributed by atoms with Crippen LogP contribution in [0.2, 0.25) is 0 Å². The Bertz CT molecular complexity index is 640. The van der Waals surface area contributed by atoms with Crippen molar-refractivity contribution in [2.24, 2.45) is 0 Å². The van der Waals surface area contributed by atoms with Crippen LogP contribution in [0.5, 0.6) is 0 Å². The van der Waals surface area contributed by atoms with Gasteiger partial charge in [-0.25, -0.2) is 18.6 Å². The minimum atomic E-state index is -2.67. The molecule has 0 bridgehead atoms. The quantitative estimate of drug-likeness (QED) is 0.879. The maximum absolute atomic E-state index is 13.0. The number of pyridine rings is 1. The Balaban J connectivity index is 2.69. The number of rotatable bonds is 3. The molecule has 2 N–H and O–H groups in total. The number of nitrogens with zero attached hydrogens (tertiary/aromatic N) is 1. The molecule has 0 unspecified atom stereocenters. The van der Waals surface area contributed by atoms with Crippen molar-refractivity contribution in [1.29, 1.82) is 0 Å². The molecule has 0 aliphatic rings.